The minimum Gasteiger partial charge on any atom is -0.495 e. The summed E-state index contributed by atoms with van der Waals surface area (Å²) < 4.78 is 5.13. The van der Waals surface area contributed by atoms with E-state index >= 15 is 0 Å². The summed E-state index contributed by atoms with van der Waals surface area (Å²) in [6, 6.07) is 13.6. The Balaban J connectivity index is 2.12. The van der Waals surface area contributed by atoms with Crippen molar-refractivity contribution in [1.82, 2.24) is 0 Å². The Labute approximate surface area is 138 Å². The number of ether oxygens (including phenoxy) is 1. The maximum absolute atomic E-state index is 12.3. The number of amides is 1. The number of hydrogen-bond donors (Lipinski definition) is 1. The quantitative estimate of drug-likeness (QED) is 0.495. The van der Waals surface area contributed by atoms with Crippen molar-refractivity contribution in [1.29, 1.82) is 0 Å². The standard InChI is InChI=1S/C16H16N2O4S/c1-11(23-13-6-4-3-5-7-13)16(19)17-14-10-12(18(20)21)8-9-15(14)22-2/h3-11H,1-2H3,(H,17,19)/t11-/m0/s1. The lowest BCUT2D eigenvalue weighted by atomic mass is 10.2. The number of non-ortho nitro benzene ring substituents is 1. The van der Waals surface area contributed by atoms with Crippen molar-refractivity contribution in [3.05, 3.63) is 58.6 Å². The number of thioether (sulfide) groups is 1. The second kappa shape index (κ2) is 7.64. The van der Waals surface area contributed by atoms with Gasteiger partial charge in [-0.05, 0) is 25.1 Å². The Kier molecular flexibility index (Phi) is 5.59. The number of carbonyl (C=O) groups excluding carboxylic acids is 1. The van der Waals surface area contributed by atoms with E-state index in [2.05, 4.69) is 5.32 Å². The van der Waals surface area contributed by atoms with Crippen LogP contribution in [0.4, 0.5) is 11.4 Å². The Morgan fingerprint density at radius 2 is 1.96 bits per heavy atom. The fraction of sp³-hybridized carbons (Fsp3) is 0.188. The smallest absolute Gasteiger partial charge is 0.271 e. The van der Waals surface area contributed by atoms with Gasteiger partial charge in [0.25, 0.3) is 5.69 Å². The molecule has 0 unspecified atom stereocenters. The summed E-state index contributed by atoms with van der Waals surface area (Å²) in [5, 5.41) is 13.2. The zero-order valence-electron chi connectivity index (χ0n) is 12.7. The first-order valence-corrected chi connectivity index (χ1v) is 7.74. The molecule has 0 heterocycles. The van der Waals surface area contributed by atoms with Gasteiger partial charge in [0.1, 0.15) is 5.75 Å². The Morgan fingerprint density at radius 3 is 2.57 bits per heavy atom. The number of hydrogen-bond acceptors (Lipinski definition) is 5. The molecule has 0 fully saturated rings. The van der Waals surface area contributed by atoms with Gasteiger partial charge in [-0.1, -0.05) is 18.2 Å². The number of anilines is 1. The van der Waals surface area contributed by atoms with E-state index in [-0.39, 0.29) is 22.5 Å². The van der Waals surface area contributed by atoms with Crippen LogP contribution in [0, 0.1) is 10.1 Å². The molecule has 0 saturated carbocycles. The molecule has 0 spiro atoms. The molecule has 1 amide bonds. The molecule has 23 heavy (non-hydrogen) atoms. The molecule has 120 valence electrons. The molecule has 7 heteroatoms. The molecule has 2 rings (SSSR count). The van der Waals surface area contributed by atoms with Gasteiger partial charge < -0.3 is 10.1 Å². The van der Waals surface area contributed by atoms with E-state index in [1.807, 2.05) is 30.3 Å². The van der Waals surface area contributed by atoms with E-state index in [1.54, 1.807) is 6.92 Å². The van der Waals surface area contributed by atoms with Crippen LogP contribution in [0.5, 0.6) is 5.75 Å². The highest BCUT2D eigenvalue weighted by atomic mass is 32.2. The maximum Gasteiger partial charge on any atom is 0.271 e. The molecule has 2 aromatic carbocycles. The summed E-state index contributed by atoms with van der Waals surface area (Å²) >= 11 is 1.41. The van der Waals surface area contributed by atoms with E-state index in [9.17, 15) is 14.9 Å². The highest BCUT2D eigenvalue weighted by molar-refractivity contribution is 8.00. The van der Waals surface area contributed by atoms with Crippen LogP contribution in [0.25, 0.3) is 0 Å². The first kappa shape index (κ1) is 16.8. The van der Waals surface area contributed by atoms with Gasteiger partial charge in [0, 0.05) is 17.0 Å². The van der Waals surface area contributed by atoms with Crippen LogP contribution in [-0.4, -0.2) is 23.2 Å². The molecular formula is C16H16N2O4S. The average Bonchev–Trinajstić information content (AvgIpc) is 2.55. The first-order valence-electron chi connectivity index (χ1n) is 6.86. The van der Waals surface area contributed by atoms with Crippen molar-refractivity contribution in [3.8, 4) is 5.75 Å². The largest absolute Gasteiger partial charge is 0.495 e. The Hall–Kier alpha value is -2.54. The van der Waals surface area contributed by atoms with Crippen molar-refractivity contribution in [3.63, 3.8) is 0 Å². The number of benzene rings is 2. The highest BCUT2D eigenvalue weighted by Crippen LogP contribution is 2.30. The molecule has 0 aliphatic carbocycles. The van der Waals surface area contributed by atoms with E-state index in [4.69, 9.17) is 4.74 Å². The van der Waals surface area contributed by atoms with Gasteiger partial charge in [-0.15, -0.1) is 11.8 Å². The molecule has 2 aromatic rings. The van der Waals surface area contributed by atoms with Gasteiger partial charge in [-0.2, -0.15) is 0 Å². The van der Waals surface area contributed by atoms with Crippen molar-refractivity contribution in [2.45, 2.75) is 17.1 Å². The number of nitro benzene ring substituents is 1. The van der Waals surface area contributed by atoms with Gasteiger partial charge in [0.2, 0.25) is 5.91 Å². The predicted molar refractivity (Wildman–Crippen MR) is 90.0 cm³/mol. The molecule has 0 aromatic heterocycles. The minimum atomic E-state index is -0.517. The molecule has 1 atom stereocenters. The molecule has 0 radical (unpaired) electrons. The summed E-state index contributed by atoms with van der Waals surface area (Å²) in [7, 11) is 1.44. The lowest BCUT2D eigenvalue weighted by molar-refractivity contribution is -0.384. The van der Waals surface area contributed by atoms with Crippen molar-refractivity contribution < 1.29 is 14.5 Å². The lowest BCUT2D eigenvalue weighted by Gasteiger charge is -2.14. The van der Waals surface area contributed by atoms with Crippen LogP contribution in [0.3, 0.4) is 0 Å². The third-order valence-electron chi connectivity index (χ3n) is 3.08. The third kappa shape index (κ3) is 4.46. The van der Waals surface area contributed by atoms with Crippen LogP contribution < -0.4 is 10.1 Å². The summed E-state index contributed by atoms with van der Waals surface area (Å²) in [6.07, 6.45) is 0. The molecular weight excluding hydrogens is 316 g/mol. The fourth-order valence-corrected chi connectivity index (χ4v) is 2.79. The first-order chi connectivity index (χ1) is 11.0. The van der Waals surface area contributed by atoms with Crippen molar-refractivity contribution >= 4 is 29.0 Å². The van der Waals surface area contributed by atoms with Crippen LogP contribution in [0.1, 0.15) is 6.92 Å². The lowest BCUT2D eigenvalue weighted by Crippen LogP contribution is -2.22. The molecule has 6 nitrogen and oxygen atoms in total. The molecule has 0 bridgehead atoms. The Morgan fingerprint density at radius 1 is 1.26 bits per heavy atom. The van der Waals surface area contributed by atoms with Crippen LogP contribution >= 0.6 is 11.8 Å². The average molecular weight is 332 g/mol. The number of nitrogens with one attached hydrogen (secondary N) is 1. The maximum atomic E-state index is 12.3. The minimum absolute atomic E-state index is 0.107. The van der Waals surface area contributed by atoms with Gasteiger partial charge in [0.05, 0.1) is 23.0 Å². The van der Waals surface area contributed by atoms with Crippen LogP contribution in [-0.2, 0) is 4.79 Å². The SMILES string of the molecule is COc1ccc([N+](=O)[O-])cc1NC(=O)[C@H](C)Sc1ccccc1. The van der Waals surface area contributed by atoms with E-state index in [0.717, 1.165) is 4.90 Å². The third-order valence-corrected chi connectivity index (χ3v) is 4.19. The summed E-state index contributed by atoms with van der Waals surface area (Å²) in [6.45, 7) is 1.77. The monoisotopic (exact) mass is 332 g/mol. The number of nitro groups is 1. The normalized spacial score (nSPS) is 11.6. The zero-order chi connectivity index (χ0) is 16.8. The van der Waals surface area contributed by atoms with Gasteiger partial charge in [0.15, 0.2) is 0 Å². The van der Waals surface area contributed by atoms with Crippen molar-refractivity contribution in [2.24, 2.45) is 0 Å². The predicted octanol–water partition coefficient (Wildman–Crippen LogP) is 3.72. The van der Waals surface area contributed by atoms with E-state index in [1.165, 1.54) is 37.1 Å². The topological polar surface area (TPSA) is 81.5 Å². The fourth-order valence-electron chi connectivity index (χ4n) is 1.90. The van der Waals surface area contributed by atoms with Crippen LogP contribution in [0.2, 0.25) is 0 Å². The summed E-state index contributed by atoms with van der Waals surface area (Å²) in [4.78, 5) is 23.6. The highest BCUT2D eigenvalue weighted by Gasteiger charge is 2.18. The van der Waals surface area contributed by atoms with Crippen LogP contribution in [0.15, 0.2) is 53.4 Å². The molecule has 0 saturated heterocycles. The number of nitrogens with zero attached hydrogens (tertiary/aromatic N) is 1. The zero-order valence-corrected chi connectivity index (χ0v) is 13.5. The number of carbonyl (C=O) groups is 1. The summed E-state index contributed by atoms with van der Waals surface area (Å²) in [5.74, 6) is 0.124. The second-order valence-corrected chi connectivity index (χ2v) is 6.12. The van der Waals surface area contributed by atoms with E-state index < -0.39 is 4.92 Å². The number of rotatable bonds is 6. The number of methoxy groups -OCH3 is 1. The summed E-state index contributed by atoms with van der Waals surface area (Å²) in [5.41, 5.74) is 0.177. The van der Waals surface area contributed by atoms with Gasteiger partial charge in [-0.25, -0.2) is 0 Å². The molecule has 0 aliphatic heterocycles. The van der Waals surface area contributed by atoms with Crippen molar-refractivity contribution in [2.75, 3.05) is 12.4 Å². The molecule has 0 aliphatic rings. The van der Waals surface area contributed by atoms with Gasteiger partial charge in [-0.3, -0.25) is 14.9 Å². The van der Waals surface area contributed by atoms with Gasteiger partial charge >= 0.3 is 0 Å². The molecule has 1 N–H and O–H groups in total. The van der Waals surface area contributed by atoms with E-state index in [0.29, 0.717) is 5.75 Å². The second-order valence-electron chi connectivity index (χ2n) is 4.70. The Bertz CT molecular complexity index is 706.